The van der Waals surface area contributed by atoms with Crippen LogP contribution in [0.4, 0.5) is 22.7 Å². The summed E-state index contributed by atoms with van der Waals surface area (Å²) in [6.45, 7) is 0. The Bertz CT molecular complexity index is 4530. The molecule has 396 valence electrons. The minimum atomic E-state index is -0.616. The third-order valence-electron chi connectivity index (χ3n) is 18.6. The van der Waals surface area contributed by atoms with Crippen molar-refractivity contribution in [2.24, 2.45) is 0 Å². The molecule has 0 aromatic heterocycles. The molecule has 0 radical (unpaired) electrons. The van der Waals surface area contributed by atoms with E-state index in [1.807, 2.05) is 0 Å². The summed E-state index contributed by atoms with van der Waals surface area (Å²) in [6.07, 6.45) is 0. The number of benzene rings is 14. The molecule has 84 heavy (non-hydrogen) atoms. The van der Waals surface area contributed by atoms with Crippen molar-refractivity contribution >= 4 is 55.1 Å². The first-order chi connectivity index (χ1) is 41.5. The lowest BCUT2D eigenvalue weighted by atomic mass is 9.62. The van der Waals surface area contributed by atoms with Crippen molar-refractivity contribution in [3.8, 4) is 44.5 Å². The van der Waals surface area contributed by atoms with Crippen molar-refractivity contribution < 1.29 is 0 Å². The Morgan fingerprint density at radius 2 is 0.595 bits per heavy atom. The highest BCUT2D eigenvalue weighted by Gasteiger charge is 2.48. The first-order valence-electron chi connectivity index (χ1n) is 29.3. The molecule has 0 aliphatic carbocycles. The van der Waals surface area contributed by atoms with Crippen LogP contribution in [0.25, 0.3) is 76.8 Å². The van der Waals surface area contributed by atoms with Gasteiger partial charge in [-0.05, 0) is 141 Å². The number of hydrogen-bond acceptors (Lipinski definition) is 2. The van der Waals surface area contributed by atoms with E-state index in [1.165, 1.54) is 144 Å². The van der Waals surface area contributed by atoms with Crippen LogP contribution in [0.1, 0.15) is 44.5 Å². The van der Waals surface area contributed by atoms with E-state index in [0.717, 1.165) is 0 Å². The summed E-state index contributed by atoms with van der Waals surface area (Å²) < 4.78 is 0. The Morgan fingerprint density at radius 1 is 0.238 bits per heavy atom. The Kier molecular flexibility index (Phi) is 11.5. The van der Waals surface area contributed by atoms with Crippen LogP contribution in [0.5, 0.6) is 0 Å². The molecule has 0 saturated heterocycles. The number of rotatable bonds is 8. The van der Waals surface area contributed by atoms with Gasteiger partial charge in [0.05, 0.1) is 22.2 Å². The standard InChI is InChI=1S/C82H58N2/c1-83-76-50-22-20-46-72(76)81(58-31-10-4-11-32-58,59-33-12-5-13-34-59)74-48-26-44-67(79(74)83)63-40-24-42-65-69(63)54-70-64(41-25-43-66(70)78(65)71-53-57(55-28-8-3-9-29-55)52-56-30-18-19-39-62(56)71)68-45-27-49-75-80(68)84(2)77-51-23-21-47-73(77)82(75,60-35-14-6-15-36-60)61-37-16-7-17-38-61/h3-54H,1-2H3. The van der Waals surface area contributed by atoms with E-state index in [4.69, 9.17) is 0 Å². The van der Waals surface area contributed by atoms with E-state index >= 15 is 0 Å². The molecular formula is C82H58N2. The lowest BCUT2D eigenvalue weighted by molar-refractivity contribution is 0.728. The highest BCUT2D eigenvalue weighted by atomic mass is 15.1. The first-order valence-corrected chi connectivity index (χ1v) is 29.3. The SMILES string of the molecule is CN1c2ccccc2C(c2ccccc2)(c2ccccc2)c2cccc(-c3cccc4c(-c5cc(-c6ccccc6)cc6ccccc56)c5cccc(-c6cccc7c6N(C)c6ccccc6C7(c6ccccc6)c6ccccc6)c5cc34)c21. The molecule has 16 rings (SSSR count). The molecule has 0 atom stereocenters. The average Bonchev–Trinajstić information content (AvgIpc) is 0.855. The Morgan fingerprint density at radius 3 is 1.06 bits per heavy atom. The number of fused-ring (bicyclic) bond motifs is 7. The molecule has 0 fully saturated rings. The van der Waals surface area contributed by atoms with Crippen molar-refractivity contribution in [3.63, 3.8) is 0 Å². The molecule has 2 nitrogen and oxygen atoms in total. The number of para-hydroxylation sites is 4. The second-order valence-electron chi connectivity index (χ2n) is 22.7. The number of nitrogens with zero attached hydrogens (tertiary/aromatic N) is 2. The molecular weight excluding hydrogens is 1010 g/mol. The maximum Gasteiger partial charge on any atom is 0.0742 e. The summed E-state index contributed by atoms with van der Waals surface area (Å²) >= 11 is 0. The van der Waals surface area contributed by atoms with Gasteiger partial charge in [0.1, 0.15) is 0 Å². The van der Waals surface area contributed by atoms with Gasteiger partial charge in [-0.1, -0.05) is 285 Å². The summed E-state index contributed by atoms with van der Waals surface area (Å²) in [6, 6.07) is 118. The van der Waals surface area contributed by atoms with Crippen LogP contribution in [-0.4, -0.2) is 14.1 Å². The van der Waals surface area contributed by atoms with Crippen LogP contribution in [0.15, 0.2) is 315 Å². The minimum Gasteiger partial charge on any atom is -0.344 e. The normalized spacial score (nSPS) is 13.7. The highest BCUT2D eigenvalue weighted by molar-refractivity contribution is 6.23. The fraction of sp³-hybridized carbons (Fsp3) is 0.0488. The Labute approximate surface area is 491 Å². The average molecular weight is 1070 g/mol. The third-order valence-corrected chi connectivity index (χ3v) is 18.6. The fourth-order valence-corrected chi connectivity index (χ4v) is 15.1. The molecule has 2 heteroatoms. The molecule has 0 spiro atoms. The smallest absolute Gasteiger partial charge is 0.0742 e. The van der Waals surface area contributed by atoms with Crippen LogP contribution >= 0.6 is 0 Å². The Hall–Kier alpha value is -10.5. The van der Waals surface area contributed by atoms with Gasteiger partial charge in [-0.2, -0.15) is 0 Å². The summed E-state index contributed by atoms with van der Waals surface area (Å²) in [5, 5.41) is 7.22. The largest absolute Gasteiger partial charge is 0.344 e. The van der Waals surface area contributed by atoms with E-state index in [-0.39, 0.29) is 0 Å². The number of hydrogen-bond donors (Lipinski definition) is 0. The monoisotopic (exact) mass is 1070 g/mol. The Balaban J connectivity index is 1.04. The van der Waals surface area contributed by atoms with Gasteiger partial charge in [-0.3, -0.25) is 0 Å². The van der Waals surface area contributed by atoms with E-state index in [2.05, 4.69) is 339 Å². The molecule has 0 unspecified atom stereocenters. The van der Waals surface area contributed by atoms with Gasteiger partial charge in [0.25, 0.3) is 0 Å². The van der Waals surface area contributed by atoms with E-state index < -0.39 is 10.8 Å². The minimum absolute atomic E-state index is 0.616. The predicted octanol–water partition coefficient (Wildman–Crippen LogP) is 20.7. The highest BCUT2D eigenvalue weighted by Crippen LogP contribution is 2.60. The van der Waals surface area contributed by atoms with Crippen molar-refractivity contribution in [1.82, 2.24) is 0 Å². The van der Waals surface area contributed by atoms with Crippen molar-refractivity contribution in [3.05, 3.63) is 360 Å². The summed E-state index contributed by atoms with van der Waals surface area (Å²) in [4.78, 5) is 4.92. The molecule has 14 aromatic carbocycles. The summed E-state index contributed by atoms with van der Waals surface area (Å²) in [7, 11) is 4.54. The second kappa shape index (κ2) is 19.6. The van der Waals surface area contributed by atoms with Gasteiger partial charge in [0.15, 0.2) is 0 Å². The van der Waals surface area contributed by atoms with Crippen molar-refractivity contribution in [1.29, 1.82) is 0 Å². The van der Waals surface area contributed by atoms with Gasteiger partial charge in [0.2, 0.25) is 0 Å². The molecule has 2 aliphatic heterocycles. The van der Waals surface area contributed by atoms with Gasteiger partial charge < -0.3 is 9.80 Å². The molecule has 0 bridgehead atoms. The maximum atomic E-state index is 2.54. The lowest BCUT2D eigenvalue weighted by Gasteiger charge is -2.46. The van der Waals surface area contributed by atoms with E-state index in [1.54, 1.807) is 0 Å². The lowest BCUT2D eigenvalue weighted by Crippen LogP contribution is -2.38. The summed E-state index contributed by atoms with van der Waals surface area (Å²) in [5.41, 5.74) is 23.0. The molecule has 14 aromatic rings. The van der Waals surface area contributed by atoms with Gasteiger partial charge in [-0.15, -0.1) is 0 Å². The zero-order valence-corrected chi connectivity index (χ0v) is 46.9. The third kappa shape index (κ3) is 7.17. The fourth-order valence-electron chi connectivity index (χ4n) is 15.1. The summed E-state index contributed by atoms with van der Waals surface area (Å²) in [5.74, 6) is 0. The topological polar surface area (TPSA) is 6.48 Å². The molecule has 2 heterocycles. The number of anilines is 4. The van der Waals surface area contributed by atoms with Gasteiger partial charge >= 0.3 is 0 Å². The first kappa shape index (κ1) is 49.3. The van der Waals surface area contributed by atoms with Crippen LogP contribution < -0.4 is 9.80 Å². The zero-order valence-electron chi connectivity index (χ0n) is 46.9. The van der Waals surface area contributed by atoms with E-state index in [9.17, 15) is 0 Å². The molecule has 0 saturated carbocycles. The predicted molar refractivity (Wildman–Crippen MR) is 353 cm³/mol. The molecule has 0 amide bonds. The van der Waals surface area contributed by atoms with Crippen LogP contribution in [0.2, 0.25) is 0 Å². The zero-order chi connectivity index (χ0) is 55.9. The van der Waals surface area contributed by atoms with Gasteiger partial charge in [0, 0.05) is 36.6 Å². The van der Waals surface area contributed by atoms with Crippen molar-refractivity contribution in [2.45, 2.75) is 10.8 Å². The van der Waals surface area contributed by atoms with Gasteiger partial charge in [-0.25, -0.2) is 0 Å². The molecule has 2 aliphatic rings. The maximum absolute atomic E-state index is 2.54. The van der Waals surface area contributed by atoms with Crippen LogP contribution in [0, 0.1) is 0 Å². The van der Waals surface area contributed by atoms with E-state index in [0.29, 0.717) is 0 Å². The van der Waals surface area contributed by atoms with Crippen LogP contribution in [0.3, 0.4) is 0 Å². The quantitative estimate of drug-likeness (QED) is 0.140. The van der Waals surface area contributed by atoms with Crippen LogP contribution in [-0.2, 0) is 10.8 Å². The van der Waals surface area contributed by atoms with Crippen molar-refractivity contribution in [2.75, 3.05) is 23.9 Å². The second-order valence-corrected chi connectivity index (χ2v) is 22.7. The molecule has 0 N–H and O–H groups in total.